The molecule has 0 amide bonds. The van der Waals surface area contributed by atoms with Gasteiger partial charge in [0.2, 0.25) is 0 Å². The van der Waals surface area contributed by atoms with Crippen molar-refractivity contribution in [3.63, 3.8) is 0 Å². The van der Waals surface area contributed by atoms with Gasteiger partial charge in [0.25, 0.3) is 0 Å². The highest BCUT2D eigenvalue weighted by molar-refractivity contribution is 5.48. The quantitative estimate of drug-likeness (QED) is 0.885. The van der Waals surface area contributed by atoms with Crippen LogP contribution < -0.4 is 10.2 Å². The fourth-order valence-electron chi connectivity index (χ4n) is 2.67. The molecular formula is C13H19N5. The molecule has 3 heterocycles. The van der Waals surface area contributed by atoms with Gasteiger partial charge in [-0.3, -0.25) is 0 Å². The molecule has 0 saturated carbocycles. The van der Waals surface area contributed by atoms with Crippen LogP contribution in [0.3, 0.4) is 0 Å². The Morgan fingerprint density at radius 1 is 1.50 bits per heavy atom. The highest BCUT2D eigenvalue weighted by Gasteiger charge is 2.20. The lowest BCUT2D eigenvalue weighted by Gasteiger charge is -2.34. The van der Waals surface area contributed by atoms with E-state index in [2.05, 4.69) is 33.3 Å². The van der Waals surface area contributed by atoms with E-state index in [0.29, 0.717) is 6.04 Å². The van der Waals surface area contributed by atoms with Gasteiger partial charge in [0, 0.05) is 31.4 Å². The van der Waals surface area contributed by atoms with Crippen LogP contribution in [-0.4, -0.2) is 40.3 Å². The maximum atomic E-state index is 4.68. The molecule has 2 aromatic rings. The van der Waals surface area contributed by atoms with Crippen molar-refractivity contribution in [2.24, 2.45) is 0 Å². The Balaban J connectivity index is 1.89. The molecule has 1 aliphatic rings. The van der Waals surface area contributed by atoms with Crippen LogP contribution in [0.1, 0.15) is 19.8 Å². The Morgan fingerprint density at radius 3 is 3.22 bits per heavy atom. The van der Waals surface area contributed by atoms with E-state index >= 15 is 0 Å². The average Bonchev–Trinajstić information content (AvgIpc) is 2.88. The van der Waals surface area contributed by atoms with E-state index in [1.807, 2.05) is 12.3 Å². The molecule has 96 valence electrons. The van der Waals surface area contributed by atoms with Gasteiger partial charge in [0.1, 0.15) is 5.82 Å². The van der Waals surface area contributed by atoms with Gasteiger partial charge < -0.3 is 10.2 Å². The van der Waals surface area contributed by atoms with Gasteiger partial charge in [-0.25, -0.2) is 9.50 Å². The van der Waals surface area contributed by atoms with E-state index in [0.717, 1.165) is 31.1 Å². The Hall–Kier alpha value is -1.62. The zero-order valence-electron chi connectivity index (χ0n) is 10.7. The maximum Gasteiger partial charge on any atom is 0.157 e. The van der Waals surface area contributed by atoms with Crippen molar-refractivity contribution in [2.45, 2.75) is 25.8 Å². The van der Waals surface area contributed by atoms with E-state index in [-0.39, 0.29) is 0 Å². The molecule has 1 fully saturated rings. The van der Waals surface area contributed by atoms with Crippen LogP contribution in [-0.2, 0) is 0 Å². The molecule has 0 aliphatic carbocycles. The Morgan fingerprint density at radius 2 is 2.44 bits per heavy atom. The minimum Gasteiger partial charge on any atom is -0.353 e. The number of rotatable bonds is 3. The first-order valence-corrected chi connectivity index (χ1v) is 6.66. The van der Waals surface area contributed by atoms with Gasteiger partial charge in [-0.1, -0.05) is 0 Å². The molecule has 3 rings (SSSR count). The molecule has 1 saturated heterocycles. The Labute approximate surface area is 107 Å². The number of anilines is 1. The number of piperidine rings is 1. The second kappa shape index (κ2) is 4.94. The summed E-state index contributed by atoms with van der Waals surface area (Å²) in [5.41, 5.74) is 0.912. The molecule has 0 radical (unpaired) electrons. The molecule has 2 aromatic heterocycles. The van der Waals surface area contributed by atoms with Crippen LogP contribution >= 0.6 is 0 Å². The number of hydrogen-bond donors (Lipinski definition) is 1. The van der Waals surface area contributed by atoms with Crippen molar-refractivity contribution in [3.05, 3.63) is 24.5 Å². The topological polar surface area (TPSA) is 45.5 Å². The number of hydrogen-bond acceptors (Lipinski definition) is 4. The molecule has 5 heteroatoms. The van der Waals surface area contributed by atoms with Gasteiger partial charge in [0.15, 0.2) is 5.65 Å². The molecule has 1 unspecified atom stereocenters. The Kier molecular flexibility index (Phi) is 3.15. The summed E-state index contributed by atoms with van der Waals surface area (Å²) in [6.07, 6.45) is 6.25. The largest absolute Gasteiger partial charge is 0.353 e. The van der Waals surface area contributed by atoms with E-state index in [1.54, 1.807) is 10.7 Å². The van der Waals surface area contributed by atoms with Gasteiger partial charge in [-0.05, 0) is 32.4 Å². The van der Waals surface area contributed by atoms with Crippen molar-refractivity contribution in [1.29, 1.82) is 0 Å². The third-order valence-corrected chi connectivity index (χ3v) is 3.59. The molecule has 0 aromatic carbocycles. The lowest BCUT2D eigenvalue weighted by molar-refractivity contribution is 0.433. The highest BCUT2D eigenvalue weighted by Crippen LogP contribution is 2.18. The first kappa shape index (κ1) is 11.5. The fourth-order valence-corrected chi connectivity index (χ4v) is 2.67. The normalized spacial score (nSPS) is 20.2. The van der Waals surface area contributed by atoms with Crippen LogP contribution in [0.5, 0.6) is 0 Å². The van der Waals surface area contributed by atoms with Gasteiger partial charge in [-0.15, -0.1) is 0 Å². The van der Waals surface area contributed by atoms with E-state index in [4.69, 9.17) is 0 Å². The second-order valence-electron chi connectivity index (χ2n) is 4.71. The van der Waals surface area contributed by atoms with E-state index in [9.17, 15) is 0 Å². The van der Waals surface area contributed by atoms with Crippen molar-refractivity contribution < 1.29 is 0 Å². The van der Waals surface area contributed by atoms with Crippen LogP contribution in [0, 0.1) is 0 Å². The number of nitrogens with zero attached hydrogens (tertiary/aromatic N) is 4. The highest BCUT2D eigenvalue weighted by atomic mass is 15.3. The number of likely N-dealkylation sites (N-methyl/N-ethyl adjacent to an activating group) is 1. The van der Waals surface area contributed by atoms with Crippen LogP contribution in [0.25, 0.3) is 5.65 Å². The molecule has 1 atom stereocenters. The lowest BCUT2D eigenvalue weighted by Crippen LogP contribution is -2.46. The monoisotopic (exact) mass is 245 g/mol. The molecule has 5 nitrogen and oxygen atoms in total. The number of nitrogens with one attached hydrogen (secondary N) is 1. The summed E-state index contributed by atoms with van der Waals surface area (Å²) < 4.78 is 1.80. The summed E-state index contributed by atoms with van der Waals surface area (Å²) in [4.78, 5) is 7.07. The minimum absolute atomic E-state index is 0.557. The standard InChI is InChI=1S/C13H19N5/c1-2-17(11-4-3-7-14-10-11)12-6-9-18-13(16-12)5-8-15-18/h5-6,8-9,11,14H,2-4,7,10H2,1H3. The molecule has 0 spiro atoms. The molecule has 0 bridgehead atoms. The summed E-state index contributed by atoms with van der Waals surface area (Å²) >= 11 is 0. The smallest absolute Gasteiger partial charge is 0.157 e. The zero-order chi connectivity index (χ0) is 12.4. The average molecular weight is 245 g/mol. The maximum absolute atomic E-state index is 4.68. The molecule has 18 heavy (non-hydrogen) atoms. The first-order chi connectivity index (χ1) is 8.88. The molecule has 1 N–H and O–H groups in total. The fraction of sp³-hybridized carbons (Fsp3) is 0.538. The van der Waals surface area contributed by atoms with Crippen LogP contribution in [0.15, 0.2) is 24.5 Å². The van der Waals surface area contributed by atoms with Gasteiger partial charge in [-0.2, -0.15) is 5.10 Å². The first-order valence-electron chi connectivity index (χ1n) is 6.66. The summed E-state index contributed by atoms with van der Waals surface area (Å²) in [5, 5.41) is 7.65. The van der Waals surface area contributed by atoms with Gasteiger partial charge >= 0.3 is 0 Å². The lowest BCUT2D eigenvalue weighted by atomic mass is 10.1. The van der Waals surface area contributed by atoms with Crippen molar-refractivity contribution in [3.8, 4) is 0 Å². The van der Waals surface area contributed by atoms with Crippen LogP contribution in [0.2, 0.25) is 0 Å². The van der Waals surface area contributed by atoms with E-state index < -0.39 is 0 Å². The Bertz CT molecular complexity index is 515. The predicted molar refractivity (Wildman–Crippen MR) is 71.9 cm³/mol. The predicted octanol–water partition coefficient (Wildman–Crippen LogP) is 1.31. The van der Waals surface area contributed by atoms with Crippen molar-refractivity contribution >= 4 is 11.5 Å². The summed E-state index contributed by atoms with van der Waals surface area (Å²) in [5.74, 6) is 1.05. The molecular weight excluding hydrogens is 226 g/mol. The number of fused-ring (bicyclic) bond motifs is 1. The van der Waals surface area contributed by atoms with Crippen molar-refractivity contribution in [1.82, 2.24) is 19.9 Å². The molecule has 1 aliphatic heterocycles. The second-order valence-corrected chi connectivity index (χ2v) is 4.71. The summed E-state index contributed by atoms with van der Waals surface area (Å²) in [7, 11) is 0. The zero-order valence-corrected chi connectivity index (χ0v) is 10.7. The SMILES string of the molecule is CCN(c1ccn2nccc2n1)C1CCCNC1. The third kappa shape index (κ3) is 2.06. The number of aromatic nitrogens is 3. The van der Waals surface area contributed by atoms with E-state index in [1.165, 1.54) is 12.8 Å². The van der Waals surface area contributed by atoms with Crippen LogP contribution in [0.4, 0.5) is 5.82 Å². The van der Waals surface area contributed by atoms with Crippen molar-refractivity contribution in [2.75, 3.05) is 24.5 Å². The minimum atomic E-state index is 0.557. The summed E-state index contributed by atoms with van der Waals surface area (Å²) in [6, 6.07) is 4.55. The van der Waals surface area contributed by atoms with Gasteiger partial charge in [0.05, 0.1) is 6.20 Å². The third-order valence-electron chi connectivity index (χ3n) is 3.59. The summed E-state index contributed by atoms with van der Waals surface area (Å²) in [6.45, 7) is 5.38.